The smallest absolute Gasteiger partial charge is 0.0722 e. The molecular formula is C15H8NS. The molecule has 4 aromatic rings. The molecule has 4 rings (SSSR count). The van der Waals surface area contributed by atoms with Crippen molar-refractivity contribution in [1.82, 2.24) is 4.98 Å². The van der Waals surface area contributed by atoms with Gasteiger partial charge in [-0.2, -0.15) is 0 Å². The van der Waals surface area contributed by atoms with Crippen LogP contribution < -0.4 is 0 Å². The van der Waals surface area contributed by atoms with Gasteiger partial charge in [0, 0.05) is 31.8 Å². The first kappa shape index (κ1) is 9.14. The molecule has 2 heteroatoms. The van der Waals surface area contributed by atoms with Crippen molar-refractivity contribution in [2.24, 2.45) is 0 Å². The average molecular weight is 234 g/mol. The maximum Gasteiger partial charge on any atom is 0.0722 e. The van der Waals surface area contributed by atoms with Crippen LogP contribution >= 0.6 is 11.3 Å². The largest absolute Gasteiger partial charge is 0.255 e. The Labute approximate surface area is 102 Å². The van der Waals surface area contributed by atoms with Gasteiger partial charge in [-0.05, 0) is 18.2 Å². The molecule has 79 valence electrons. The van der Waals surface area contributed by atoms with Crippen LogP contribution in [-0.2, 0) is 0 Å². The van der Waals surface area contributed by atoms with E-state index in [0.717, 1.165) is 10.9 Å². The van der Waals surface area contributed by atoms with Crippen LogP contribution in [0.2, 0.25) is 0 Å². The first-order chi connectivity index (χ1) is 8.43. The maximum absolute atomic E-state index is 4.51. The highest BCUT2D eigenvalue weighted by atomic mass is 32.1. The Morgan fingerprint density at radius 1 is 1.00 bits per heavy atom. The Balaban J connectivity index is 2.34. The molecule has 0 saturated heterocycles. The topological polar surface area (TPSA) is 12.9 Å². The van der Waals surface area contributed by atoms with Crippen LogP contribution in [0.5, 0.6) is 0 Å². The molecule has 1 radical (unpaired) electrons. The van der Waals surface area contributed by atoms with Crippen LogP contribution in [0.4, 0.5) is 0 Å². The van der Waals surface area contributed by atoms with E-state index in [1.807, 2.05) is 35.7 Å². The third kappa shape index (κ3) is 1.22. The summed E-state index contributed by atoms with van der Waals surface area (Å²) in [6.07, 6.45) is 1.98. The van der Waals surface area contributed by atoms with Crippen molar-refractivity contribution in [2.45, 2.75) is 0 Å². The van der Waals surface area contributed by atoms with Gasteiger partial charge in [0.15, 0.2) is 0 Å². The Kier molecular flexibility index (Phi) is 1.76. The molecule has 0 spiro atoms. The summed E-state index contributed by atoms with van der Waals surface area (Å²) in [7, 11) is 0. The van der Waals surface area contributed by atoms with Crippen molar-refractivity contribution in [3.8, 4) is 0 Å². The molecule has 17 heavy (non-hydrogen) atoms. The van der Waals surface area contributed by atoms with Crippen molar-refractivity contribution < 1.29 is 0 Å². The van der Waals surface area contributed by atoms with E-state index in [0.29, 0.717) is 0 Å². The third-order valence-corrected chi connectivity index (χ3v) is 4.23. The molecular weight excluding hydrogens is 226 g/mol. The standard InChI is InChI=1S/C15H8NS/c1-3-7-13-11(6-1)15-12(9-16-13)10-5-2-4-8-14(10)17-15/h1-5,7-9H. The first-order valence-electron chi connectivity index (χ1n) is 5.50. The lowest BCUT2D eigenvalue weighted by atomic mass is 10.1. The Morgan fingerprint density at radius 2 is 1.94 bits per heavy atom. The van der Waals surface area contributed by atoms with Gasteiger partial charge in [0.2, 0.25) is 0 Å². The second-order valence-corrected chi connectivity index (χ2v) is 5.08. The number of thiophene rings is 1. The quantitative estimate of drug-likeness (QED) is 0.439. The van der Waals surface area contributed by atoms with Gasteiger partial charge < -0.3 is 0 Å². The van der Waals surface area contributed by atoms with Crippen molar-refractivity contribution in [1.29, 1.82) is 0 Å². The lowest BCUT2D eigenvalue weighted by Crippen LogP contribution is -1.77. The van der Waals surface area contributed by atoms with Crippen molar-refractivity contribution >= 4 is 42.4 Å². The highest BCUT2D eigenvalue weighted by Gasteiger charge is 2.07. The molecule has 0 N–H and O–H groups in total. The molecule has 0 bridgehead atoms. The van der Waals surface area contributed by atoms with Crippen LogP contribution in [0.3, 0.4) is 0 Å². The number of hydrogen-bond donors (Lipinski definition) is 0. The highest BCUT2D eigenvalue weighted by Crippen LogP contribution is 2.36. The summed E-state index contributed by atoms with van der Waals surface area (Å²) in [5.74, 6) is 0. The maximum atomic E-state index is 4.51. The minimum Gasteiger partial charge on any atom is -0.255 e. The summed E-state index contributed by atoms with van der Waals surface area (Å²) in [6.45, 7) is 0. The molecule has 0 atom stereocenters. The zero-order chi connectivity index (χ0) is 11.2. The van der Waals surface area contributed by atoms with E-state index in [1.54, 1.807) is 0 Å². The number of rotatable bonds is 0. The summed E-state index contributed by atoms with van der Waals surface area (Å²) < 4.78 is 2.60. The fourth-order valence-electron chi connectivity index (χ4n) is 2.23. The predicted molar refractivity (Wildman–Crippen MR) is 73.5 cm³/mol. The van der Waals surface area contributed by atoms with E-state index < -0.39 is 0 Å². The number of pyridine rings is 1. The van der Waals surface area contributed by atoms with Gasteiger partial charge in [-0.25, -0.2) is 0 Å². The summed E-state index contributed by atoms with van der Waals surface area (Å²) in [5, 5.41) is 3.66. The van der Waals surface area contributed by atoms with Crippen LogP contribution in [-0.4, -0.2) is 4.98 Å². The minimum atomic E-state index is 1.02. The molecule has 0 aliphatic rings. The molecule has 0 aliphatic heterocycles. The lowest BCUT2D eigenvalue weighted by molar-refractivity contribution is 1.45. The molecule has 2 heterocycles. The number of nitrogens with zero attached hydrogens (tertiary/aromatic N) is 1. The van der Waals surface area contributed by atoms with E-state index >= 15 is 0 Å². The van der Waals surface area contributed by atoms with Gasteiger partial charge in [0.25, 0.3) is 0 Å². The first-order valence-corrected chi connectivity index (χ1v) is 6.32. The van der Waals surface area contributed by atoms with Gasteiger partial charge in [0.05, 0.1) is 5.52 Å². The zero-order valence-corrected chi connectivity index (χ0v) is 9.79. The fourth-order valence-corrected chi connectivity index (χ4v) is 3.42. The summed E-state index contributed by atoms with van der Waals surface area (Å²) in [5.41, 5.74) is 1.02. The van der Waals surface area contributed by atoms with E-state index in [4.69, 9.17) is 0 Å². The number of aromatic nitrogens is 1. The average Bonchev–Trinajstić information content (AvgIpc) is 2.78. The van der Waals surface area contributed by atoms with Crippen LogP contribution in [0, 0.1) is 6.07 Å². The number of hydrogen-bond acceptors (Lipinski definition) is 2. The number of fused-ring (bicyclic) bond motifs is 5. The van der Waals surface area contributed by atoms with E-state index in [1.165, 1.54) is 20.2 Å². The SMILES string of the molecule is [c]1cccc2ncc3c4ccccc4sc3c12. The van der Waals surface area contributed by atoms with Crippen LogP contribution in [0.25, 0.3) is 31.1 Å². The van der Waals surface area contributed by atoms with Gasteiger partial charge >= 0.3 is 0 Å². The van der Waals surface area contributed by atoms with Gasteiger partial charge in [-0.1, -0.05) is 30.3 Å². The summed E-state index contributed by atoms with van der Waals surface area (Å²) >= 11 is 1.82. The minimum absolute atomic E-state index is 1.02. The Hall–Kier alpha value is -1.93. The number of benzene rings is 2. The second-order valence-electron chi connectivity index (χ2n) is 4.03. The van der Waals surface area contributed by atoms with Crippen molar-refractivity contribution in [3.05, 3.63) is 54.7 Å². The molecule has 0 amide bonds. The molecule has 2 aromatic carbocycles. The van der Waals surface area contributed by atoms with Gasteiger partial charge in [0.1, 0.15) is 0 Å². The molecule has 2 aromatic heterocycles. The van der Waals surface area contributed by atoms with Gasteiger partial charge in [-0.3, -0.25) is 4.98 Å². The zero-order valence-electron chi connectivity index (χ0n) is 8.97. The molecule has 0 saturated carbocycles. The van der Waals surface area contributed by atoms with Gasteiger partial charge in [-0.15, -0.1) is 11.3 Å². The monoisotopic (exact) mass is 234 g/mol. The second kappa shape index (κ2) is 3.28. The highest BCUT2D eigenvalue weighted by molar-refractivity contribution is 7.26. The molecule has 0 unspecified atom stereocenters. The van der Waals surface area contributed by atoms with E-state index in [2.05, 4.69) is 35.3 Å². The van der Waals surface area contributed by atoms with Crippen molar-refractivity contribution in [2.75, 3.05) is 0 Å². The Morgan fingerprint density at radius 3 is 2.94 bits per heavy atom. The summed E-state index contributed by atoms with van der Waals surface area (Å²) in [6, 6.07) is 17.7. The predicted octanol–water partition coefficient (Wildman–Crippen LogP) is 4.40. The lowest BCUT2D eigenvalue weighted by Gasteiger charge is -1.96. The van der Waals surface area contributed by atoms with Crippen LogP contribution in [0.15, 0.2) is 48.7 Å². The fraction of sp³-hybridized carbons (Fsp3) is 0. The summed E-state index contributed by atoms with van der Waals surface area (Å²) in [4.78, 5) is 4.51. The van der Waals surface area contributed by atoms with Crippen molar-refractivity contribution in [3.63, 3.8) is 0 Å². The van der Waals surface area contributed by atoms with Crippen LogP contribution in [0.1, 0.15) is 0 Å². The van der Waals surface area contributed by atoms with E-state index in [9.17, 15) is 0 Å². The third-order valence-electron chi connectivity index (χ3n) is 3.03. The molecule has 0 fully saturated rings. The molecule has 0 aliphatic carbocycles. The van der Waals surface area contributed by atoms with E-state index in [-0.39, 0.29) is 0 Å². The Bertz CT molecular complexity index is 845. The molecule has 1 nitrogen and oxygen atoms in total. The normalized spacial score (nSPS) is 11.5.